The first kappa shape index (κ1) is 14.2. The van der Waals surface area contributed by atoms with E-state index in [1.165, 1.54) is 0 Å². The molecule has 1 N–H and O–H groups in total. The standard InChI is InChI=1S/C12H19BrN6/c1-5-8-7-9(18(3)16-8)10(14-6-2)11-12(13)15-17-19(11)4/h7,10,14H,5-6H2,1-4H3. The first-order valence-electron chi connectivity index (χ1n) is 6.39. The van der Waals surface area contributed by atoms with Gasteiger partial charge in [-0.3, -0.25) is 4.68 Å². The van der Waals surface area contributed by atoms with Crippen LogP contribution in [-0.4, -0.2) is 31.3 Å². The molecule has 7 heteroatoms. The monoisotopic (exact) mass is 326 g/mol. The first-order valence-corrected chi connectivity index (χ1v) is 7.19. The molecule has 0 aliphatic rings. The van der Waals surface area contributed by atoms with Crippen molar-refractivity contribution in [3.63, 3.8) is 0 Å². The largest absolute Gasteiger partial charge is 0.304 e. The van der Waals surface area contributed by atoms with Crippen molar-refractivity contribution in [1.29, 1.82) is 0 Å². The number of rotatable bonds is 5. The normalized spacial score (nSPS) is 12.9. The minimum Gasteiger partial charge on any atom is -0.304 e. The number of hydrogen-bond donors (Lipinski definition) is 1. The van der Waals surface area contributed by atoms with E-state index in [1.54, 1.807) is 4.68 Å². The van der Waals surface area contributed by atoms with Gasteiger partial charge in [-0.1, -0.05) is 19.1 Å². The van der Waals surface area contributed by atoms with Gasteiger partial charge in [0.25, 0.3) is 0 Å². The van der Waals surface area contributed by atoms with Crippen LogP contribution >= 0.6 is 15.9 Å². The van der Waals surface area contributed by atoms with Crippen molar-refractivity contribution in [1.82, 2.24) is 30.1 Å². The highest BCUT2D eigenvalue weighted by Crippen LogP contribution is 2.26. The maximum Gasteiger partial charge on any atom is 0.153 e. The summed E-state index contributed by atoms with van der Waals surface area (Å²) in [5.74, 6) is 0. The zero-order valence-electron chi connectivity index (χ0n) is 11.7. The summed E-state index contributed by atoms with van der Waals surface area (Å²) < 4.78 is 4.47. The van der Waals surface area contributed by atoms with E-state index in [-0.39, 0.29) is 6.04 Å². The summed E-state index contributed by atoms with van der Waals surface area (Å²) in [5.41, 5.74) is 3.21. The highest BCUT2D eigenvalue weighted by Gasteiger charge is 2.24. The van der Waals surface area contributed by atoms with Gasteiger partial charge in [0.1, 0.15) is 0 Å². The van der Waals surface area contributed by atoms with Gasteiger partial charge in [0, 0.05) is 14.1 Å². The fraction of sp³-hybridized carbons (Fsp3) is 0.583. The van der Waals surface area contributed by atoms with Crippen molar-refractivity contribution in [2.75, 3.05) is 6.54 Å². The zero-order chi connectivity index (χ0) is 14.0. The number of hydrogen-bond acceptors (Lipinski definition) is 4. The van der Waals surface area contributed by atoms with Gasteiger partial charge >= 0.3 is 0 Å². The molecule has 2 aromatic rings. The van der Waals surface area contributed by atoms with Gasteiger partial charge < -0.3 is 5.32 Å². The fourth-order valence-electron chi connectivity index (χ4n) is 2.18. The minimum atomic E-state index is 0.0252. The van der Waals surface area contributed by atoms with E-state index in [4.69, 9.17) is 0 Å². The van der Waals surface area contributed by atoms with Crippen molar-refractivity contribution in [3.05, 3.63) is 27.8 Å². The number of aryl methyl sites for hydroxylation is 3. The molecular weight excluding hydrogens is 308 g/mol. The predicted octanol–water partition coefficient (Wildman–Crippen LogP) is 1.57. The second-order valence-corrected chi connectivity index (χ2v) is 5.17. The number of nitrogens with one attached hydrogen (secondary N) is 1. The second kappa shape index (κ2) is 5.83. The average Bonchev–Trinajstić information content (AvgIpc) is 2.91. The van der Waals surface area contributed by atoms with Crippen LogP contribution in [0, 0.1) is 0 Å². The van der Waals surface area contributed by atoms with E-state index in [0.29, 0.717) is 0 Å². The summed E-state index contributed by atoms with van der Waals surface area (Å²) in [6, 6.07) is 2.16. The molecule has 0 saturated carbocycles. The number of aromatic nitrogens is 5. The lowest BCUT2D eigenvalue weighted by atomic mass is 10.1. The third-order valence-corrected chi connectivity index (χ3v) is 3.70. The Labute approximate surface area is 121 Å². The smallest absolute Gasteiger partial charge is 0.153 e. The Kier molecular flexibility index (Phi) is 4.36. The van der Waals surface area contributed by atoms with E-state index in [9.17, 15) is 0 Å². The molecule has 104 valence electrons. The Morgan fingerprint density at radius 3 is 2.53 bits per heavy atom. The summed E-state index contributed by atoms with van der Waals surface area (Å²) in [7, 11) is 3.87. The quantitative estimate of drug-likeness (QED) is 0.906. The highest BCUT2D eigenvalue weighted by molar-refractivity contribution is 9.10. The Morgan fingerprint density at radius 1 is 1.32 bits per heavy atom. The molecule has 0 spiro atoms. The van der Waals surface area contributed by atoms with Crippen LogP contribution in [0.4, 0.5) is 0 Å². The van der Waals surface area contributed by atoms with Gasteiger partial charge in [-0.05, 0) is 35.0 Å². The molecule has 0 fully saturated rings. The molecule has 1 atom stereocenters. The summed E-state index contributed by atoms with van der Waals surface area (Å²) in [6.45, 7) is 5.05. The third-order valence-electron chi connectivity index (χ3n) is 3.13. The van der Waals surface area contributed by atoms with Crippen molar-refractivity contribution < 1.29 is 0 Å². The number of nitrogens with zero attached hydrogens (tertiary/aromatic N) is 5. The Balaban J connectivity index is 2.48. The van der Waals surface area contributed by atoms with Crippen molar-refractivity contribution >= 4 is 15.9 Å². The van der Waals surface area contributed by atoms with Crippen molar-refractivity contribution in [3.8, 4) is 0 Å². The molecular formula is C12H19BrN6. The maximum atomic E-state index is 4.51. The van der Waals surface area contributed by atoms with Crippen LogP contribution in [0.15, 0.2) is 10.7 Å². The maximum absolute atomic E-state index is 4.51. The highest BCUT2D eigenvalue weighted by atomic mass is 79.9. The number of halogens is 1. The second-order valence-electron chi connectivity index (χ2n) is 4.42. The summed E-state index contributed by atoms with van der Waals surface area (Å²) in [6.07, 6.45) is 0.928. The van der Waals surface area contributed by atoms with Crippen LogP contribution in [0.2, 0.25) is 0 Å². The van der Waals surface area contributed by atoms with Crippen LogP contribution in [0.25, 0.3) is 0 Å². The average molecular weight is 327 g/mol. The van der Waals surface area contributed by atoms with Gasteiger partial charge in [-0.25, -0.2) is 4.68 Å². The molecule has 0 bridgehead atoms. The molecule has 2 aromatic heterocycles. The van der Waals surface area contributed by atoms with Crippen LogP contribution in [0.1, 0.15) is 37.0 Å². The molecule has 6 nitrogen and oxygen atoms in total. The van der Waals surface area contributed by atoms with Gasteiger partial charge in [0.2, 0.25) is 0 Å². The van der Waals surface area contributed by atoms with E-state index in [0.717, 1.165) is 34.7 Å². The molecule has 0 aliphatic carbocycles. The fourth-order valence-corrected chi connectivity index (χ4v) is 2.73. The van der Waals surface area contributed by atoms with Gasteiger partial charge in [-0.15, -0.1) is 5.10 Å². The van der Waals surface area contributed by atoms with Gasteiger partial charge in [-0.2, -0.15) is 5.10 Å². The van der Waals surface area contributed by atoms with Crippen LogP contribution in [0.3, 0.4) is 0 Å². The molecule has 2 rings (SSSR count). The molecule has 2 heterocycles. The molecule has 0 radical (unpaired) electrons. The third kappa shape index (κ3) is 2.71. The molecule has 0 amide bonds. The first-order chi connectivity index (χ1) is 9.08. The molecule has 19 heavy (non-hydrogen) atoms. The SMILES string of the molecule is CCNC(c1cc(CC)nn1C)c1c(Br)nnn1C. The van der Waals surface area contributed by atoms with Crippen molar-refractivity contribution in [2.45, 2.75) is 26.3 Å². The van der Waals surface area contributed by atoms with Crippen LogP contribution in [-0.2, 0) is 20.5 Å². The minimum absolute atomic E-state index is 0.0252. The van der Waals surface area contributed by atoms with Crippen LogP contribution < -0.4 is 5.32 Å². The lowest BCUT2D eigenvalue weighted by Crippen LogP contribution is -2.26. The molecule has 0 aromatic carbocycles. The predicted molar refractivity (Wildman–Crippen MR) is 76.8 cm³/mol. The van der Waals surface area contributed by atoms with E-state index in [1.807, 2.05) is 18.8 Å². The zero-order valence-corrected chi connectivity index (χ0v) is 13.3. The molecule has 1 unspecified atom stereocenters. The van der Waals surface area contributed by atoms with Gasteiger partial charge in [0.05, 0.1) is 23.1 Å². The summed E-state index contributed by atoms with van der Waals surface area (Å²) in [4.78, 5) is 0. The van der Waals surface area contributed by atoms with Gasteiger partial charge in [0.15, 0.2) is 4.60 Å². The Morgan fingerprint density at radius 2 is 2.05 bits per heavy atom. The Hall–Kier alpha value is -1.21. The van der Waals surface area contributed by atoms with Crippen molar-refractivity contribution in [2.24, 2.45) is 14.1 Å². The summed E-state index contributed by atoms with van der Waals surface area (Å²) in [5, 5.41) is 16.1. The Bertz CT molecular complexity index is 539. The lowest BCUT2D eigenvalue weighted by Gasteiger charge is -2.18. The molecule has 0 saturated heterocycles. The molecule has 0 aliphatic heterocycles. The van der Waals surface area contributed by atoms with E-state index in [2.05, 4.69) is 56.6 Å². The van der Waals surface area contributed by atoms with Crippen LogP contribution in [0.5, 0.6) is 0 Å². The topological polar surface area (TPSA) is 60.6 Å². The lowest BCUT2D eigenvalue weighted by molar-refractivity contribution is 0.530. The summed E-state index contributed by atoms with van der Waals surface area (Å²) >= 11 is 3.47. The van der Waals surface area contributed by atoms with E-state index < -0.39 is 0 Å². The van der Waals surface area contributed by atoms with E-state index >= 15 is 0 Å².